The number of hydrogen-bond acceptors (Lipinski definition) is 4. The van der Waals surface area contributed by atoms with Gasteiger partial charge >= 0.3 is 0 Å². The van der Waals surface area contributed by atoms with E-state index in [4.69, 9.17) is 10.00 Å². The fraction of sp³-hybridized carbons (Fsp3) is 0.667. The molecule has 2 aliphatic heterocycles. The monoisotopic (exact) mass is 193 g/mol. The van der Waals surface area contributed by atoms with Crippen LogP contribution in [0, 0.1) is 17.2 Å². The van der Waals surface area contributed by atoms with Crippen LogP contribution >= 0.6 is 0 Å². The molecule has 0 N–H and O–H groups in total. The average molecular weight is 193 g/mol. The quantitative estimate of drug-likeness (QED) is 0.626. The number of amides is 1. The van der Waals surface area contributed by atoms with Crippen LogP contribution in [0.3, 0.4) is 0 Å². The van der Waals surface area contributed by atoms with Gasteiger partial charge in [0.25, 0.3) is 5.91 Å². The molecule has 2 heterocycles. The van der Waals surface area contributed by atoms with Gasteiger partial charge < -0.3 is 4.74 Å². The smallest absolute Gasteiger partial charge is 0.253 e. The number of nitrogens with zero attached hydrogens (tertiary/aromatic N) is 3. The highest BCUT2D eigenvalue weighted by molar-refractivity contribution is 6.08. The Morgan fingerprint density at radius 1 is 1.71 bits per heavy atom. The molecule has 0 saturated carbocycles. The summed E-state index contributed by atoms with van der Waals surface area (Å²) in [6, 6.07) is 2.00. The van der Waals surface area contributed by atoms with Crippen LogP contribution in [-0.2, 0) is 9.53 Å². The molecule has 0 bridgehead atoms. The highest BCUT2D eigenvalue weighted by Crippen LogP contribution is 2.21. The zero-order valence-corrected chi connectivity index (χ0v) is 7.77. The summed E-state index contributed by atoms with van der Waals surface area (Å²) in [5, 5.41) is 14.0. The van der Waals surface area contributed by atoms with Gasteiger partial charge in [-0.25, -0.2) is 5.01 Å². The van der Waals surface area contributed by atoms with E-state index in [1.54, 1.807) is 0 Å². The van der Waals surface area contributed by atoms with Crippen LogP contribution in [0.5, 0.6) is 0 Å². The molecule has 5 heteroatoms. The zero-order chi connectivity index (χ0) is 9.97. The van der Waals surface area contributed by atoms with Gasteiger partial charge in [-0.05, 0) is 0 Å². The molecule has 1 amide bonds. The van der Waals surface area contributed by atoms with Crippen molar-refractivity contribution in [2.75, 3.05) is 19.8 Å². The first-order valence-corrected chi connectivity index (χ1v) is 4.66. The third-order valence-electron chi connectivity index (χ3n) is 2.43. The Morgan fingerprint density at radius 3 is 3.29 bits per heavy atom. The predicted octanol–water partition coefficient (Wildman–Crippen LogP) is 0.135. The van der Waals surface area contributed by atoms with Crippen molar-refractivity contribution in [2.24, 2.45) is 11.0 Å². The zero-order valence-electron chi connectivity index (χ0n) is 7.77. The maximum absolute atomic E-state index is 11.7. The molecule has 1 saturated heterocycles. The minimum absolute atomic E-state index is 0.0186. The second kappa shape index (κ2) is 3.76. The lowest BCUT2D eigenvalue weighted by molar-refractivity contribution is -0.133. The SMILES string of the molecule is N#CCCN1N=C2CCOCC2C1=O. The third kappa shape index (κ3) is 1.49. The van der Waals surface area contributed by atoms with Crippen molar-refractivity contribution in [3.63, 3.8) is 0 Å². The fourth-order valence-electron chi connectivity index (χ4n) is 1.68. The molecule has 0 radical (unpaired) electrons. The molecular formula is C9H11N3O2. The van der Waals surface area contributed by atoms with Crippen molar-refractivity contribution in [1.29, 1.82) is 5.26 Å². The van der Waals surface area contributed by atoms with Gasteiger partial charge in [-0.15, -0.1) is 0 Å². The molecule has 1 atom stereocenters. The van der Waals surface area contributed by atoms with Crippen LogP contribution in [0.1, 0.15) is 12.8 Å². The lowest BCUT2D eigenvalue weighted by atomic mass is 10.0. The van der Waals surface area contributed by atoms with Crippen molar-refractivity contribution in [1.82, 2.24) is 5.01 Å². The third-order valence-corrected chi connectivity index (χ3v) is 2.43. The number of hydrogen-bond donors (Lipinski definition) is 0. The summed E-state index contributed by atoms with van der Waals surface area (Å²) >= 11 is 0. The topological polar surface area (TPSA) is 65.7 Å². The first kappa shape index (κ1) is 9.16. The molecule has 14 heavy (non-hydrogen) atoms. The van der Waals surface area contributed by atoms with Crippen molar-refractivity contribution in [3.8, 4) is 6.07 Å². The summed E-state index contributed by atoms with van der Waals surface area (Å²) in [5.74, 6) is -0.197. The second-order valence-electron chi connectivity index (χ2n) is 3.34. The van der Waals surface area contributed by atoms with E-state index in [2.05, 4.69) is 5.10 Å². The van der Waals surface area contributed by atoms with Crippen molar-refractivity contribution >= 4 is 11.6 Å². The highest BCUT2D eigenvalue weighted by atomic mass is 16.5. The van der Waals surface area contributed by atoms with Gasteiger partial charge in [0, 0.05) is 6.42 Å². The molecule has 74 valence electrons. The summed E-state index contributed by atoms with van der Waals surface area (Å²) in [7, 11) is 0. The standard InChI is InChI=1S/C9H11N3O2/c10-3-1-4-12-9(13)7-6-14-5-2-8(7)11-12/h7H,1-2,4-6H2. The molecule has 2 rings (SSSR count). The molecule has 0 aromatic heterocycles. The number of rotatable bonds is 2. The molecular weight excluding hydrogens is 182 g/mol. The molecule has 0 aromatic carbocycles. The summed E-state index contributed by atoms with van der Waals surface area (Å²) in [4.78, 5) is 11.7. The predicted molar refractivity (Wildman–Crippen MR) is 48.3 cm³/mol. The number of carbonyl (C=O) groups is 1. The molecule has 2 aliphatic rings. The number of carbonyl (C=O) groups excluding carboxylic acids is 1. The normalized spacial score (nSPS) is 25.6. The van der Waals surface area contributed by atoms with Gasteiger partial charge in [0.2, 0.25) is 0 Å². The molecule has 5 nitrogen and oxygen atoms in total. The number of ether oxygens (including phenoxy) is 1. The molecule has 0 aliphatic carbocycles. The van der Waals surface area contributed by atoms with Crippen molar-refractivity contribution in [3.05, 3.63) is 0 Å². The molecule has 0 aromatic rings. The van der Waals surface area contributed by atoms with Crippen LogP contribution in [0.25, 0.3) is 0 Å². The van der Waals surface area contributed by atoms with E-state index < -0.39 is 0 Å². The number of nitriles is 1. The maximum atomic E-state index is 11.7. The number of fused-ring (bicyclic) bond motifs is 1. The van der Waals surface area contributed by atoms with Crippen LogP contribution in [0.15, 0.2) is 5.10 Å². The fourth-order valence-corrected chi connectivity index (χ4v) is 1.68. The average Bonchev–Trinajstić information content (AvgIpc) is 2.54. The lowest BCUT2D eigenvalue weighted by Crippen LogP contribution is -2.34. The molecule has 0 spiro atoms. The van der Waals surface area contributed by atoms with Gasteiger partial charge in [0.15, 0.2) is 0 Å². The van der Waals surface area contributed by atoms with Crippen LogP contribution in [-0.4, -0.2) is 36.4 Å². The Kier molecular flexibility index (Phi) is 2.46. The van der Waals surface area contributed by atoms with E-state index in [9.17, 15) is 4.79 Å². The van der Waals surface area contributed by atoms with E-state index in [1.807, 2.05) is 6.07 Å². The van der Waals surface area contributed by atoms with E-state index in [0.717, 1.165) is 12.1 Å². The second-order valence-corrected chi connectivity index (χ2v) is 3.34. The van der Waals surface area contributed by atoms with E-state index in [0.29, 0.717) is 26.2 Å². The Labute approximate surface area is 81.9 Å². The molecule has 1 unspecified atom stereocenters. The van der Waals surface area contributed by atoms with Crippen molar-refractivity contribution in [2.45, 2.75) is 12.8 Å². The van der Waals surface area contributed by atoms with Crippen molar-refractivity contribution < 1.29 is 9.53 Å². The lowest BCUT2D eigenvalue weighted by Gasteiger charge is -2.17. The first-order chi connectivity index (χ1) is 6.83. The maximum Gasteiger partial charge on any atom is 0.253 e. The van der Waals surface area contributed by atoms with Gasteiger partial charge in [0.1, 0.15) is 5.92 Å². The summed E-state index contributed by atoms with van der Waals surface area (Å²) in [6.07, 6.45) is 1.07. The van der Waals surface area contributed by atoms with Crippen LogP contribution < -0.4 is 0 Å². The highest BCUT2D eigenvalue weighted by Gasteiger charge is 2.37. The Balaban J connectivity index is 2.05. The summed E-state index contributed by atoms with van der Waals surface area (Å²) < 4.78 is 5.21. The van der Waals surface area contributed by atoms with E-state index >= 15 is 0 Å². The van der Waals surface area contributed by atoms with Gasteiger partial charge in [-0.2, -0.15) is 10.4 Å². The van der Waals surface area contributed by atoms with Gasteiger partial charge in [-0.3, -0.25) is 4.79 Å². The minimum Gasteiger partial charge on any atom is -0.380 e. The minimum atomic E-state index is -0.178. The largest absolute Gasteiger partial charge is 0.380 e. The van der Waals surface area contributed by atoms with Gasteiger partial charge in [0.05, 0.1) is 38.0 Å². The number of hydrazone groups is 1. The Morgan fingerprint density at radius 2 is 2.57 bits per heavy atom. The summed E-state index contributed by atoms with van der Waals surface area (Å²) in [5.41, 5.74) is 0.916. The van der Waals surface area contributed by atoms with Crippen LogP contribution in [0.2, 0.25) is 0 Å². The van der Waals surface area contributed by atoms with E-state index in [-0.39, 0.29) is 11.8 Å². The van der Waals surface area contributed by atoms with E-state index in [1.165, 1.54) is 5.01 Å². The Hall–Kier alpha value is -1.41. The summed E-state index contributed by atoms with van der Waals surface area (Å²) in [6.45, 7) is 1.49. The Bertz CT molecular complexity index is 319. The first-order valence-electron chi connectivity index (χ1n) is 4.66. The van der Waals surface area contributed by atoms with Crippen LogP contribution in [0.4, 0.5) is 0 Å². The van der Waals surface area contributed by atoms with Gasteiger partial charge in [-0.1, -0.05) is 0 Å². The molecule has 1 fully saturated rings.